The summed E-state index contributed by atoms with van der Waals surface area (Å²) in [4.78, 5) is 17.4. The monoisotopic (exact) mass is 274 g/mol. The van der Waals surface area contributed by atoms with E-state index in [4.69, 9.17) is 11.6 Å². The lowest BCUT2D eigenvalue weighted by Gasteiger charge is -2.09. The first-order valence-electron chi connectivity index (χ1n) is 4.79. The van der Waals surface area contributed by atoms with Gasteiger partial charge in [0.05, 0.1) is 17.5 Å². The molecule has 1 N–H and O–H groups in total. The molecule has 1 aromatic heterocycles. The van der Waals surface area contributed by atoms with Crippen LogP contribution in [0.1, 0.15) is 5.56 Å². The first kappa shape index (κ1) is 12.6. The second kappa shape index (κ2) is 4.45. The largest absolute Gasteiger partial charge is 0.416 e. The molecule has 2 rings (SSSR count). The van der Waals surface area contributed by atoms with Crippen molar-refractivity contribution >= 4 is 11.6 Å². The molecule has 0 aliphatic carbocycles. The molecule has 3 nitrogen and oxygen atoms in total. The smallest absolute Gasteiger partial charge is 0.313 e. The molecular weight excluding hydrogens is 269 g/mol. The fraction of sp³-hybridized carbons (Fsp3) is 0.0909. The highest BCUT2D eigenvalue weighted by molar-refractivity contribution is 6.33. The van der Waals surface area contributed by atoms with Gasteiger partial charge >= 0.3 is 6.18 Å². The van der Waals surface area contributed by atoms with Gasteiger partial charge in [0.2, 0.25) is 0 Å². The number of nitrogens with zero attached hydrogens (tertiary/aromatic N) is 1. The average molecular weight is 275 g/mol. The van der Waals surface area contributed by atoms with E-state index in [2.05, 4.69) is 9.97 Å². The third-order valence-electron chi connectivity index (χ3n) is 2.30. The molecule has 0 bridgehead atoms. The van der Waals surface area contributed by atoms with Gasteiger partial charge in [0.15, 0.2) is 0 Å². The molecule has 0 aliphatic rings. The van der Waals surface area contributed by atoms with Gasteiger partial charge in [-0.3, -0.25) is 4.79 Å². The highest BCUT2D eigenvalue weighted by atomic mass is 35.5. The van der Waals surface area contributed by atoms with Crippen LogP contribution in [0, 0.1) is 0 Å². The summed E-state index contributed by atoms with van der Waals surface area (Å²) in [5, 5.41) is 0.0569. The molecule has 0 saturated heterocycles. The van der Waals surface area contributed by atoms with Crippen molar-refractivity contribution in [2.45, 2.75) is 6.18 Å². The molecule has 94 valence electrons. The molecule has 0 unspecified atom stereocenters. The number of alkyl halides is 3. The summed E-state index contributed by atoms with van der Waals surface area (Å²) in [5.74, 6) is 0. The Morgan fingerprint density at radius 1 is 1.22 bits per heavy atom. The Balaban J connectivity index is 2.65. The molecule has 2 aromatic rings. The Hall–Kier alpha value is -1.82. The van der Waals surface area contributed by atoms with E-state index in [0.29, 0.717) is 0 Å². The van der Waals surface area contributed by atoms with Crippen molar-refractivity contribution in [2.75, 3.05) is 0 Å². The lowest BCUT2D eigenvalue weighted by atomic mass is 10.1. The molecule has 1 aromatic carbocycles. The maximum absolute atomic E-state index is 12.6. The van der Waals surface area contributed by atoms with Crippen LogP contribution in [-0.4, -0.2) is 9.97 Å². The molecule has 0 saturated carbocycles. The van der Waals surface area contributed by atoms with E-state index in [1.807, 2.05) is 0 Å². The van der Waals surface area contributed by atoms with Crippen LogP contribution >= 0.6 is 11.6 Å². The van der Waals surface area contributed by atoms with E-state index in [9.17, 15) is 18.0 Å². The zero-order valence-electron chi connectivity index (χ0n) is 8.75. The second-order valence-electron chi connectivity index (χ2n) is 3.49. The topological polar surface area (TPSA) is 45.8 Å². The van der Waals surface area contributed by atoms with Gasteiger partial charge in [-0.2, -0.15) is 13.2 Å². The van der Waals surface area contributed by atoms with Crippen LogP contribution in [0.2, 0.25) is 5.02 Å². The maximum Gasteiger partial charge on any atom is 0.416 e. The molecule has 7 heteroatoms. The fourth-order valence-electron chi connectivity index (χ4n) is 1.44. The zero-order valence-corrected chi connectivity index (χ0v) is 9.51. The Labute approximate surface area is 104 Å². The van der Waals surface area contributed by atoms with Crippen LogP contribution in [0.5, 0.6) is 0 Å². The predicted octanol–water partition coefficient (Wildman–Crippen LogP) is 3.11. The minimum absolute atomic E-state index is 0.000779. The van der Waals surface area contributed by atoms with Crippen LogP contribution in [0.25, 0.3) is 11.1 Å². The van der Waals surface area contributed by atoms with Crippen molar-refractivity contribution < 1.29 is 13.2 Å². The Bertz CT molecular complexity index is 637. The van der Waals surface area contributed by atoms with Gasteiger partial charge < -0.3 is 4.98 Å². The number of nitrogens with one attached hydrogen (secondary N) is 1. The van der Waals surface area contributed by atoms with Gasteiger partial charge in [0.25, 0.3) is 5.56 Å². The van der Waals surface area contributed by atoms with Crippen LogP contribution in [0.4, 0.5) is 13.2 Å². The molecule has 0 radical (unpaired) electrons. The van der Waals surface area contributed by atoms with E-state index < -0.39 is 17.3 Å². The number of aromatic nitrogens is 2. The van der Waals surface area contributed by atoms with Crippen molar-refractivity contribution in [2.24, 2.45) is 0 Å². The van der Waals surface area contributed by atoms with Crippen LogP contribution in [0.3, 0.4) is 0 Å². The highest BCUT2D eigenvalue weighted by Gasteiger charge is 2.31. The lowest BCUT2D eigenvalue weighted by Crippen LogP contribution is -2.10. The van der Waals surface area contributed by atoms with Gasteiger partial charge in [-0.15, -0.1) is 0 Å². The zero-order chi connectivity index (χ0) is 13.3. The van der Waals surface area contributed by atoms with Crippen LogP contribution in [0.15, 0.2) is 35.5 Å². The number of H-pyrrole nitrogens is 1. The standard InChI is InChI=1S/C11H6ClF3N2O/c12-9-2-1-6(11(13,14)15)3-7(9)8-4-16-5-17-10(8)18/h1-5H,(H,16,17,18). The summed E-state index contributed by atoms with van der Waals surface area (Å²) in [5.41, 5.74) is -1.43. The fourth-order valence-corrected chi connectivity index (χ4v) is 1.66. The molecule has 0 atom stereocenters. The van der Waals surface area contributed by atoms with Gasteiger partial charge in [-0.25, -0.2) is 4.98 Å². The molecule has 18 heavy (non-hydrogen) atoms. The van der Waals surface area contributed by atoms with E-state index >= 15 is 0 Å². The van der Waals surface area contributed by atoms with Crippen molar-refractivity contribution in [3.8, 4) is 11.1 Å². The molecule has 0 fully saturated rings. The number of benzene rings is 1. The van der Waals surface area contributed by atoms with E-state index in [1.165, 1.54) is 6.20 Å². The van der Waals surface area contributed by atoms with Crippen LogP contribution < -0.4 is 5.56 Å². The van der Waals surface area contributed by atoms with Crippen LogP contribution in [-0.2, 0) is 6.18 Å². The van der Waals surface area contributed by atoms with Gasteiger partial charge in [0, 0.05) is 16.8 Å². The molecule has 0 aliphatic heterocycles. The molecular formula is C11H6ClF3N2O. The number of hydrogen-bond donors (Lipinski definition) is 1. The van der Waals surface area contributed by atoms with Crippen molar-refractivity contribution in [3.05, 3.63) is 51.7 Å². The quantitative estimate of drug-likeness (QED) is 0.868. The maximum atomic E-state index is 12.6. The van der Waals surface area contributed by atoms with E-state index in [-0.39, 0.29) is 16.1 Å². The molecule has 1 heterocycles. The summed E-state index contributed by atoms with van der Waals surface area (Å²) in [7, 11) is 0. The second-order valence-corrected chi connectivity index (χ2v) is 3.89. The third-order valence-corrected chi connectivity index (χ3v) is 2.63. The number of aromatic amines is 1. The Kier molecular flexibility index (Phi) is 3.13. The normalized spacial score (nSPS) is 11.6. The minimum atomic E-state index is -4.49. The Morgan fingerprint density at radius 3 is 2.56 bits per heavy atom. The van der Waals surface area contributed by atoms with Crippen molar-refractivity contribution in [1.29, 1.82) is 0 Å². The van der Waals surface area contributed by atoms with Gasteiger partial charge in [-0.1, -0.05) is 11.6 Å². The summed E-state index contributed by atoms with van der Waals surface area (Å²) in [6.45, 7) is 0. The average Bonchev–Trinajstić information content (AvgIpc) is 2.29. The minimum Gasteiger partial charge on any atom is -0.313 e. The van der Waals surface area contributed by atoms with Crippen molar-refractivity contribution in [1.82, 2.24) is 9.97 Å². The first-order chi connectivity index (χ1) is 8.39. The molecule has 0 amide bonds. The summed E-state index contributed by atoms with van der Waals surface area (Å²) in [6.07, 6.45) is -2.18. The summed E-state index contributed by atoms with van der Waals surface area (Å²) in [6, 6.07) is 2.79. The third kappa shape index (κ3) is 2.38. The first-order valence-corrected chi connectivity index (χ1v) is 5.17. The van der Waals surface area contributed by atoms with Crippen molar-refractivity contribution in [3.63, 3.8) is 0 Å². The number of rotatable bonds is 1. The van der Waals surface area contributed by atoms with Gasteiger partial charge in [0.1, 0.15) is 0 Å². The lowest BCUT2D eigenvalue weighted by molar-refractivity contribution is -0.137. The van der Waals surface area contributed by atoms with Gasteiger partial charge in [-0.05, 0) is 18.2 Å². The SMILES string of the molecule is O=c1[nH]cncc1-c1cc(C(F)(F)F)ccc1Cl. The summed E-state index contributed by atoms with van der Waals surface area (Å²) >= 11 is 5.80. The van der Waals surface area contributed by atoms with E-state index in [1.54, 1.807) is 0 Å². The highest BCUT2D eigenvalue weighted by Crippen LogP contribution is 2.34. The molecule has 0 spiro atoms. The number of halogens is 4. The Morgan fingerprint density at radius 2 is 1.94 bits per heavy atom. The van der Waals surface area contributed by atoms with E-state index in [0.717, 1.165) is 24.5 Å². The summed E-state index contributed by atoms with van der Waals surface area (Å²) < 4.78 is 37.7. The predicted molar refractivity (Wildman–Crippen MR) is 60.3 cm³/mol. The number of hydrogen-bond acceptors (Lipinski definition) is 2.